The van der Waals surface area contributed by atoms with Gasteiger partial charge in [-0.2, -0.15) is 4.39 Å². The van der Waals surface area contributed by atoms with E-state index in [1.807, 2.05) is 0 Å². The molecule has 10 N–H and O–H groups in total. The number of rotatable bonds is 34. The first-order valence-corrected chi connectivity index (χ1v) is 21.1. The van der Waals surface area contributed by atoms with Gasteiger partial charge in [-0.3, -0.25) is 19.2 Å². The largest absolute Gasteiger partial charge is 0.420 e. The second-order valence-electron chi connectivity index (χ2n) is 13.9. The van der Waals surface area contributed by atoms with Crippen LogP contribution in [0.2, 0.25) is 0 Å². The molecule has 3 atom stereocenters. The molecule has 1 saturated carbocycles. The molecule has 0 radical (unpaired) electrons. The van der Waals surface area contributed by atoms with Gasteiger partial charge in [0, 0.05) is 24.0 Å². The number of carbonyl (C=O) groups is 4. The van der Waals surface area contributed by atoms with Crippen molar-refractivity contribution in [3.05, 3.63) is 34.5 Å². The minimum absolute atomic E-state index is 0.0646. The summed E-state index contributed by atoms with van der Waals surface area (Å²) >= 11 is 0. The van der Waals surface area contributed by atoms with Crippen molar-refractivity contribution in [2.24, 2.45) is 17.2 Å². The van der Waals surface area contributed by atoms with E-state index in [0.717, 1.165) is 37.8 Å². The standard InChI is InChI=1S/C39H64F4N7O9P/c40-32-33(41)37(35(43)38(60)34(32)42)59-31(53)12-17-55-19-21-57-23-24-58-22-20-56-18-16-47-39(54)28(10-2-4-14-45)50-30(52)25-48-36(26-7-5-8-26)27(9-1-3-13-44)49-29(51)11-6-15-46/h27-28,48H,1-25,44-46,60H2,(H,47,54)(H,49,51)(H,50,52). The fraction of sp³-hybridized carbons (Fsp3) is 0.692. The van der Waals surface area contributed by atoms with Crippen LogP contribution in [-0.2, 0) is 38.1 Å². The zero-order valence-electron chi connectivity index (χ0n) is 34.3. The van der Waals surface area contributed by atoms with Gasteiger partial charge in [0.15, 0.2) is 17.5 Å². The number of ether oxygens (including phenoxy) is 5. The lowest BCUT2D eigenvalue weighted by molar-refractivity contribution is -0.136. The van der Waals surface area contributed by atoms with Crippen LogP contribution < -0.4 is 48.5 Å². The molecule has 3 amide bonds. The molecule has 0 bridgehead atoms. The molecular formula is C39H64F4N7O9P. The summed E-state index contributed by atoms with van der Waals surface area (Å²) in [5.41, 5.74) is 19.0. The van der Waals surface area contributed by atoms with Gasteiger partial charge >= 0.3 is 5.97 Å². The summed E-state index contributed by atoms with van der Waals surface area (Å²) in [4.78, 5) is 50.7. The molecule has 2 rings (SSSR count). The number of carbonyl (C=O) groups excluding carboxylic acids is 4. The maximum Gasteiger partial charge on any atom is 0.313 e. The van der Waals surface area contributed by atoms with Crippen LogP contribution in [0.5, 0.6) is 5.75 Å². The van der Waals surface area contributed by atoms with E-state index >= 15 is 0 Å². The highest BCUT2D eigenvalue weighted by Gasteiger charge is 2.27. The highest BCUT2D eigenvalue weighted by Crippen LogP contribution is 2.30. The second kappa shape index (κ2) is 31.4. The van der Waals surface area contributed by atoms with Gasteiger partial charge in [0.1, 0.15) is 6.04 Å². The fourth-order valence-corrected chi connectivity index (χ4v) is 6.04. The van der Waals surface area contributed by atoms with Crippen LogP contribution in [0.3, 0.4) is 0 Å². The van der Waals surface area contributed by atoms with Crippen molar-refractivity contribution < 1.29 is 60.4 Å². The molecule has 0 aliphatic heterocycles. The molecule has 1 aromatic rings. The average molecular weight is 882 g/mol. The van der Waals surface area contributed by atoms with Crippen LogP contribution in [0.25, 0.3) is 0 Å². The summed E-state index contributed by atoms with van der Waals surface area (Å²) in [6.45, 7) is 2.87. The topological polar surface area (TPSA) is 241 Å². The van der Waals surface area contributed by atoms with Crippen molar-refractivity contribution in [1.82, 2.24) is 21.3 Å². The second-order valence-corrected chi connectivity index (χ2v) is 14.5. The van der Waals surface area contributed by atoms with E-state index in [0.29, 0.717) is 58.2 Å². The monoisotopic (exact) mass is 881 g/mol. The van der Waals surface area contributed by atoms with Crippen LogP contribution >= 0.6 is 9.24 Å². The van der Waals surface area contributed by atoms with Crippen LogP contribution in [-0.4, -0.2) is 121 Å². The molecule has 60 heavy (non-hydrogen) atoms. The zero-order valence-corrected chi connectivity index (χ0v) is 35.5. The number of benzene rings is 1. The highest BCUT2D eigenvalue weighted by atomic mass is 31.0. The molecule has 0 aromatic heterocycles. The number of halogens is 4. The first-order valence-electron chi connectivity index (χ1n) is 20.5. The van der Waals surface area contributed by atoms with E-state index in [2.05, 4.69) is 26.0 Å². The molecule has 1 aromatic carbocycles. The van der Waals surface area contributed by atoms with Crippen molar-refractivity contribution in [2.45, 2.75) is 89.1 Å². The maximum atomic E-state index is 14.0. The average Bonchev–Trinajstić information content (AvgIpc) is 3.21. The summed E-state index contributed by atoms with van der Waals surface area (Å²) in [7, 11) is 1.57. The van der Waals surface area contributed by atoms with E-state index < -0.39 is 52.8 Å². The Morgan fingerprint density at radius 1 is 0.617 bits per heavy atom. The lowest BCUT2D eigenvalue weighted by Crippen LogP contribution is -2.50. The number of allylic oxidation sites excluding steroid dienone is 1. The van der Waals surface area contributed by atoms with E-state index in [9.17, 15) is 36.7 Å². The third kappa shape index (κ3) is 20.4. The van der Waals surface area contributed by atoms with Gasteiger partial charge in [-0.1, -0.05) is 9.24 Å². The Morgan fingerprint density at radius 2 is 1.17 bits per heavy atom. The Hall–Kier alpha value is -3.49. The molecule has 1 aliphatic rings. The van der Waals surface area contributed by atoms with Crippen molar-refractivity contribution >= 4 is 38.2 Å². The molecule has 16 nitrogen and oxygen atoms in total. The Labute approximate surface area is 351 Å². The number of hydrogen-bond donors (Lipinski definition) is 7. The van der Waals surface area contributed by atoms with E-state index in [4.69, 9.17) is 36.1 Å². The van der Waals surface area contributed by atoms with Gasteiger partial charge in [-0.15, -0.1) is 0 Å². The Balaban J connectivity index is 1.63. The molecule has 342 valence electrons. The van der Waals surface area contributed by atoms with Crippen molar-refractivity contribution in [3.8, 4) is 5.75 Å². The maximum absolute atomic E-state index is 14.0. The number of hydrogen-bond acceptors (Lipinski definition) is 13. The number of amides is 3. The smallest absolute Gasteiger partial charge is 0.313 e. The first-order chi connectivity index (χ1) is 28.9. The molecule has 1 aliphatic carbocycles. The van der Waals surface area contributed by atoms with Crippen LogP contribution in [0.4, 0.5) is 17.6 Å². The summed E-state index contributed by atoms with van der Waals surface area (Å²) in [6.07, 6.45) is 7.36. The minimum atomic E-state index is -1.96. The quantitative estimate of drug-likeness (QED) is 0.00982. The van der Waals surface area contributed by atoms with Gasteiger partial charge in [0.25, 0.3) is 0 Å². The van der Waals surface area contributed by atoms with Gasteiger partial charge in [0.2, 0.25) is 29.3 Å². The molecule has 1 fully saturated rings. The number of unbranched alkanes of at least 4 members (excludes halogenated alkanes) is 2. The summed E-state index contributed by atoms with van der Waals surface area (Å²) in [5, 5.41) is 11.2. The third-order valence-corrected chi connectivity index (χ3v) is 9.71. The number of nitrogens with two attached hydrogens (primary N) is 3. The van der Waals surface area contributed by atoms with Gasteiger partial charge in [-0.05, 0) is 89.4 Å². The minimum Gasteiger partial charge on any atom is -0.420 e. The van der Waals surface area contributed by atoms with Crippen LogP contribution in [0.15, 0.2) is 11.3 Å². The fourth-order valence-electron chi connectivity index (χ4n) is 5.78. The van der Waals surface area contributed by atoms with Crippen LogP contribution in [0, 0.1) is 23.3 Å². The number of nitrogens with one attached hydrogen (secondary N) is 4. The highest BCUT2D eigenvalue weighted by molar-refractivity contribution is 7.27. The van der Waals surface area contributed by atoms with Crippen molar-refractivity contribution in [2.75, 3.05) is 85.6 Å². The summed E-state index contributed by atoms with van der Waals surface area (Å²) < 4.78 is 80.7. The lowest BCUT2D eigenvalue weighted by atomic mass is 9.87. The normalized spacial score (nSPS) is 13.3. The van der Waals surface area contributed by atoms with E-state index in [1.165, 1.54) is 5.57 Å². The molecule has 0 heterocycles. The summed E-state index contributed by atoms with van der Waals surface area (Å²) in [5.74, 6) is -10.4. The third-order valence-electron chi connectivity index (χ3n) is 9.20. The molecule has 21 heteroatoms. The molecule has 0 saturated heterocycles. The first kappa shape index (κ1) is 52.6. The van der Waals surface area contributed by atoms with Gasteiger partial charge < -0.3 is 62.2 Å². The zero-order chi connectivity index (χ0) is 44.1. The molecule has 3 unspecified atom stereocenters. The predicted octanol–water partition coefficient (Wildman–Crippen LogP) is 1.22. The van der Waals surface area contributed by atoms with Crippen molar-refractivity contribution in [3.63, 3.8) is 0 Å². The molecule has 0 spiro atoms. The predicted molar refractivity (Wildman–Crippen MR) is 219 cm³/mol. The SMILES string of the molecule is NCCCCC(NC(=O)CNC(=C1CCC1)C(CCCCN)NC(=O)CCCN)C(=O)NCCOCCOCCOCCOCCC(=O)Oc1c(F)c(F)c(F)c(P)c1F. The van der Waals surface area contributed by atoms with Gasteiger partial charge in [-0.25, -0.2) is 13.2 Å². The Morgan fingerprint density at radius 3 is 1.73 bits per heavy atom. The number of esters is 1. The van der Waals surface area contributed by atoms with E-state index in [1.54, 1.807) is 9.24 Å². The Kier molecular flexibility index (Phi) is 27.5. The summed E-state index contributed by atoms with van der Waals surface area (Å²) in [6, 6.07) is -1.05. The van der Waals surface area contributed by atoms with Crippen molar-refractivity contribution in [1.29, 1.82) is 0 Å². The van der Waals surface area contributed by atoms with Gasteiger partial charge in [0.05, 0.1) is 71.9 Å². The van der Waals surface area contributed by atoms with E-state index in [-0.39, 0.29) is 89.7 Å². The lowest BCUT2D eigenvalue weighted by Gasteiger charge is -2.30. The Bertz CT molecular complexity index is 1480. The molecular weight excluding hydrogens is 817 g/mol. The van der Waals surface area contributed by atoms with Crippen LogP contribution in [0.1, 0.15) is 77.0 Å².